The normalized spacial score (nSPS) is 12.4. The van der Waals surface area contributed by atoms with Gasteiger partial charge in [0.15, 0.2) is 10.2 Å². The van der Waals surface area contributed by atoms with Crippen LogP contribution in [0.5, 0.6) is 5.75 Å². The molecule has 3 nitrogen and oxygen atoms in total. The Kier molecular flexibility index (Phi) is 7.37. The molecule has 28 heavy (non-hydrogen) atoms. The Bertz CT molecular complexity index is 921. The zero-order valence-electron chi connectivity index (χ0n) is 15.3. The molecule has 2 aromatic rings. The summed E-state index contributed by atoms with van der Waals surface area (Å²) in [5, 5.41) is -0.566. The van der Waals surface area contributed by atoms with Crippen LogP contribution in [0.15, 0.2) is 48.5 Å². The average Bonchev–Trinajstić information content (AvgIpc) is 2.63. The predicted octanol–water partition coefficient (Wildman–Crippen LogP) is 6.10. The minimum absolute atomic E-state index is 0.210. The average molecular weight is 426 g/mol. The van der Waals surface area contributed by atoms with Gasteiger partial charge in [-0.25, -0.2) is 0 Å². The number of halogens is 3. The molecule has 0 fully saturated rings. The number of rotatable bonds is 5. The van der Waals surface area contributed by atoms with Gasteiger partial charge in [-0.2, -0.15) is 13.2 Å². The molecule has 0 atom stereocenters. The van der Waals surface area contributed by atoms with E-state index < -0.39 is 11.7 Å². The molecule has 0 unspecified atom stereocenters. The highest BCUT2D eigenvalue weighted by molar-refractivity contribution is 8.26. The van der Waals surface area contributed by atoms with Crippen molar-refractivity contribution >= 4 is 43.6 Å². The van der Waals surface area contributed by atoms with Crippen LogP contribution in [0.2, 0.25) is 0 Å². The molecule has 0 aliphatic carbocycles. The van der Waals surface area contributed by atoms with E-state index in [2.05, 4.69) is 0 Å². The quantitative estimate of drug-likeness (QED) is 0.541. The second-order valence-electron chi connectivity index (χ2n) is 5.66. The van der Waals surface area contributed by atoms with Gasteiger partial charge in [0.1, 0.15) is 5.75 Å². The van der Waals surface area contributed by atoms with E-state index in [0.29, 0.717) is 16.2 Å². The number of hydrogen-bond donors (Lipinski definition) is 0. The number of alkyl halides is 3. The molecule has 0 heterocycles. The first-order chi connectivity index (χ1) is 13.1. The van der Waals surface area contributed by atoms with Crippen molar-refractivity contribution in [2.45, 2.75) is 20.0 Å². The van der Waals surface area contributed by atoms with Crippen LogP contribution < -0.4 is 4.74 Å². The Hall–Kier alpha value is -2.19. The van der Waals surface area contributed by atoms with Crippen LogP contribution in [0, 0.1) is 0 Å². The number of hydrogen-bond acceptors (Lipinski definition) is 5. The first kappa shape index (κ1) is 22.1. The van der Waals surface area contributed by atoms with E-state index in [0.717, 1.165) is 35.7 Å². The number of methoxy groups -OCH3 is 1. The third-order valence-electron chi connectivity index (χ3n) is 3.48. The van der Waals surface area contributed by atoms with Crippen molar-refractivity contribution in [3.8, 4) is 5.75 Å². The molecule has 2 rings (SSSR count). The summed E-state index contributed by atoms with van der Waals surface area (Å²) in [6, 6.07) is 11.5. The largest absolute Gasteiger partial charge is 0.497 e. The van der Waals surface area contributed by atoms with Crippen molar-refractivity contribution in [3.05, 3.63) is 65.2 Å². The summed E-state index contributed by atoms with van der Waals surface area (Å²) >= 11 is 1.65. The summed E-state index contributed by atoms with van der Waals surface area (Å²) in [7, 11) is 1.48. The number of ether oxygens (including phenoxy) is 1. The Labute approximate surface area is 169 Å². The van der Waals surface area contributed by atoms with E-state index in [1.807, 2.05) is 0 Å². The fourth-order valence-electron chi connectivity index (χ4n) is 2.36. The van der Waals surface area contributed by atoms with Crippen molar-refractivity contribution in [1.29, 1.82) is 0 Å². The van der Waals surface area contributed by atoms with Gasteiger partial charge in [0.25, 0.3) is 0 Å². The molecule has 0 saturated carbocycles. The molecule has 148 valence electrons. The van der Waals surface area contributed by atoms with Crippen molar-refractivity contribution in [1.82, 2.24) is 0 Å². The van der Waals surface area contributed by atoms with E-state index in [1.54, 1.807) is 24.3 Å². The van der Waals surface area contributed by atoms with Crippen molar-refractivity contribution in [2.75, 3.05) is 7.11 Å². The number of thioether (sulfide) groups is 2. The molecule has 0 aliphatic heterocycles. The van der Waals surface area contributed by atoms with E-state index in [1.165, 1.54) is 33.1 Å². The predicted molar refractivity (Wildman–Crippen MR) is 108 cm³/mol. The maximum Gasteiger partial charge on any atom is 0.416 e. The van der Waals surface area contributed by atoms with Crippen LogP contribution in [-0.2, 0) is 15.8 Å². The first-order valence-corrected chi connectivity index (χ1v) is 9.68. The standard InChI is InChI=1S/C20H17F3O3S2/c1-12(24)27-18(14-6-4-8-16(10-14)20(21,22)23)19(28-13(2)25)15-7-5-9-17(11-15)26-3/h4-11H,1-3H3/b19-18+. The zero-order valence-corrected chi connectivity index (χ0v) is 16.9. The highest BCUT2D eigenvalue weighted by Crippen LogP contribution is 2.44. The maximum absolute atomic E-state index is 13.2. The molecule has 0 saturated heterocycles. The van der Waals surface area contributed by atoms with E-state index in [9.17, 15) is 22.8 Å². The Morgan fingerprint density at radius 2 is 1.36 bits per heavy atom. The molecule has 0 aliphatic rings. The molecule has 2 aromatic carbocycles. The molecule has 0 amide bonds. The van der Waals surface area contributed by atoms with Gasteiger partial charge in [-0.1, -0.05) is 47.8 Å². The van der Waals surface area contributed by atoms with Gasteiger partial charge in [-0.15, -0.1) is 0 Å². The molecule has 8 heteroatoms. The van der Waals surface area contributed by atoms with E-state index in [4.69, 9.17) is 4.74 Å². The summed E-state index contributed by atoms with van der Waals surface area (Å²) in [5.74, 6) is 0.523. The van der Waals surface area contributed by atoms with Crippen LogP contribution in [0.25, 0.3) is 9.81 Å². The summed E-state index contributed by atoms with van der Waals surface area (Å²) in [6.45, 7) is 2.67. The monoisotopic (exact) mass is 426 g/mol. The summed E-state index contributed by atoms with van der Waals surface area (Å²) in [5.41, 5.74) is -0.0493. The third kappa shape index (κ3) is 5.90. The van der Waals surface area contributed by atoms with Gasteiger partial charge in [0, 0.05) is 23.7 Å². The lowest BCUT2D eigenvalue weighted by Gasteiger charge is -2.16. The van der Waals surface area contributed by atoms with Crippen LogP contribution in [-0.4, -0.2) is 17.3 Å². The smallest absolute Gasteiger partial charge is 0.416 e. The summed E-state index contributed by atoms with van der Waals surface area (Å²) < 4.78 is 44.7. The molecular formula is C20H17F3O3S2. The second kappa shape index (κ2) is 9.34. The Morgan fingerprint density at radius 1 is 0.857 bits per heavy atom. The molecule has 0 aromatic heterocycles. The SMILES string of the molecule is COc1cccc(/C(SC(C)=O)=C(\SC(C)=O)c2cccc(C(F)(F)F)c2)c1. The number of benzene rings is 2. The van der Waals surface area contributed by atoms with Crippen LogP contribution in [0.4, 0.5) is 13.2 Å². The lowest BCUT2D eigenvalue weighted by molar-refractivity contribution is -0.137. The van der Waals surface area contributed by atoms with Crippen LogP contribution >= 0.6 is 23.5 Å². The first-order valence-electron chi connectivity index (χ1n) is 8.05. The number of carbonyl (C=O) groups excluding carboxylic acids is 2. The zero-order chi connectivity index (χ0) is 20.9. The lowest BCUT2D eigenvalue weighted by Crippen LogP contribution is -2.05. The van der Waals surface area contributed by atoms with Gasteiger partial charge >= 0.3 is 6.18 Å². The Balaban J connectivity index is 2.76. The third-order valence-corrected chi connectivity index (χ3v) is 5.47. The van der Waals surface area contributed by atoms with Crippen LogP contribution in [0.3, 0.4) is 0 Å². The van der Waals surface area contributed by atoms with Gasteiger partial charge in [-0.3, -0.25) is 9.59 Å². The maximum atomic E-state index is 13.2. The highest BCUT2D eigenvalue weighted by Gasteiger charge is 2.31. The highest BCUT2D eigenvalue weighted by atomic mass is 32.2. The van der Waals surface area contributed by atoms with Gasteiger partial charge in [0.2, 0.25) is 0 Å². The van der Waals surface area contributed by atoms with Crippen molar-refractivity contribution in [2.24, 2.45) is 0 Å². The fourth-order valence-corrected chi connectivity index (χ4v) is 4.10. The van der Waals surface area contributed by atoms with E-state index in [-0.39, 0.29) is 20.7 Å². The summed E-state index contributed by atoms with van der Waals surface area (Å²) in [4.78, 5) is 24.4. The van der Waals surface area contributed by atoms with E-state index >= 15 is 0 Å². The summed E-state index contributed by atoms with van der Waals surface area (Å²) in [6.07, 6.45) is -4.52. The van der Waals surface area contributed by atoms with Gasteiger partial charge < -0.3 is 4.74 Å². The van der Waals surface area contributed by atoms with Crippen LogP contribution in [0.1, 0.15) is 30.5 Å². The molecule has 0 bridgehead atoms. The molecule has 0 spiro atoms. The molecule has 0 radical (unpaired) electrons. The van der Waals surface area contributed by atoms with Gasteiger partial charge in [-0.05, 0) is 35.4 Å². The Morgan fingerprint density at radius 3 is 1.82 bits per heavy atom. The second-order valence-corrected chi connectivity index (χ2v) is 8.03. The minimum atomic E-state index is -4.52. The minimum Gasteiger partial charge on any atom is -0.497 e. The van der Waals surface area contributed by atoms with Gasteiger partial charge in [0.05, 0.1) is 12.7 Å². The van der Waals surface area contributed by atoms with Crippen molar-refractivity contribution < 1.29 is 27.5 Å². The topological polar surface area (TPSA) is 43.4 Å². The molecular weight excluding hydrogens is 409 g/mol. The van der Waals surface area contributed by atoms with Crippen molar-refractivity contribution in [3.63, 3.8) is 0 Å². The molecule has 0 N–H and O–H groups in total. The number of carbonyl (C=O) groups is 2. The lowest BCUT2D eigenvalue weighted by atomic mass is 10.1. The fraction of sp³-hybridized carbons (Fsp3) is 0.200.